The fourth-order valence-electron chi connectivity index (χ4n) is 1.14. The number of carboxylic acids is 1. The lowest BCUT2D eigenvalue weighted by Gasteiger charge is -2.13. The van der Waals surface area contributed by atoms with Crippen molar-refractivity contribution in [2.24, 2.45) is 0 Å². The topological polar surface area (TPSA) is 66.8 Å². The standard InChI is InChI=1S/C9H7ClF2O4/c1-16-8-3(7(13)9(14)15)2-4(10)5(11)6(8)12/h2,7,13H,1H3,(H,14,15). The minimum atomic E-state index is -2.04. The number of hydrogen-bond donors (Lipinski definition) is 2. The van der Waals surface area contributed by atoms with Crippen LogP contribution in [0.25, 0.3) is 0 Å². The normalized spacial score (nSPS) is 12.3. The Balaban J connectivity index is 3.44. The molecule has 0 aliphatic carbocycles. The van der Waals surface area contributed by atoms with E-state index in [1.165, 1.54) is 0 Å². The van der Waals surface area contributed by atoms with Crippen LogP contribution >= 0.6 is 11.6 Å². The van der Waals surface area contributed by atoms with Crippen molar-refractivity contribution in [2.75, 3.05) is 7.11 Å². The quantitative estimate of drug-likeness (QED) is 0.804. The Bertz CT molecular complexity index is 436. The maximum absolute atomic E-state index is 13.3. The molecule has 0 fully saturated rings. The van der Waals surface area contributed by atoms with Gasteiger partial charge >= 0.3 is 5.97 Å². The number of rotatable bonds is 3. The van der Waals surface area contributed by atoms with E-state index in [1.54, 1.807) is 0 Å². The highest BCUT2D eigenvalue weighted by Crippen LogP contribution is 2.34. The summed E-state index contributed by atoms with van der Waals surface area (Å²) in [5, 5.41) is 17.1. The van der Waals surface area contributed by atoms with Crippen molar-refractivity contribution in [3.8, 4) is 5.75 Å². The lowest BCUT2D eigenvalue weighted by Crippen LogP contribution is -2.13. The molecule has 0 saturated heterocycles. The third-order valence-corrected chi connectivity index (χ3v) is 2.15. The van der Waals surface area contributed by atoms with Gasteiger partial charge < -0.3 is 14.9 Å². The predicted octanol–water partition coefficient (Wildman–Crippen LogP) is 1.74. The Morgan fingerprint density at radius 1 is 1.50 bits per heavy atom. The second kappa shape index (κ2) is 4.63. The van der Waals surface area contributed by atoms with Crippen molar-refractivity contribution < 1.29 is 28.5 Å². The highest BCUT2D eigenvalue weighted by molar-refractivity contribution is 6.30. The number of aliphatic hydroxyl groups excluding tert-OH is 1. The van der Waals surface area contributed by atoms with Crippen LogP contribution in [0.1, 0.15) is 11.7 Å². The van der Waals surface area contributed by atoms with Crippen LogP contribution < -0.4 is 4.74 Å². The minimum absolute atomic E-state index is 0.445. The number of carboxylic acid groups (broad SMARTS) is 1. The van der Waals surface area contributed by atoms with Crippen LogP contribution in [0.2, 0.25) is 5.02 Å². The Labute approximate surface area is 94.0 Å². The molecule has 0 bridgehead atoms. The molecule has 1 aromatic carbocycles. The highest BCUT2D eigenvalue weighted by Gasteiger charge is 2.26. The summed E-state index contributed by atoms with van der Waals surface area (Å²) in [4.78, 5) is 10.5. The molecule has 0 saturated carbocycles. The van der Waals surface area contributed by atoms with Gasteiger partial charge in [-0.3, -0.25) is 0 Å². The predicted molar refractivity (Wildman–Crippen MR) is 50.5 cm³/mol. The molecule has 1 aromatic rings. The van der Waals surface area contributed by atoms with Crippen LogP contribution in [0.5, 0.6) is 5.75 Å². The van der Waals surface area contributed by atoms with Crippen LogP contribution in [-0.4, -0.2) is 23.3 Å². The maximum atomic E-state index is 13.3. The highest BCUT2D eigenvalue weighted by atomic mass is 35.5. The van der Waals surface area contributed by atoms with E-state index in [2.05, 4.69) is 4.74 Å². The Hall–Kier alpha value is -1.40. The molecule has 0 aromatic heterocycles. The van der Waals surface area contributed by atoms with Gasteiger partial charge in [0, 0.05) is 5.56 Å². The van der Waals surface area contributed by atoms with Crippen molar-refractivity contribution in [1.29, 1.82) is 0 Å². The number of ether oxygens (including phenoxy) is 1. The summed E-state index contributed by atoms with van der Waals surface area (Å²) in [6, 6.07) is 0.803. The molecule has 0 aliphatic rings. The van der Waals surface area contributed by atoms with Gasteiger partial charge in [-0.15, -0.1) is 0 Å². The number of aliphatic carboxylic acids is 1. The molecule has 1 rings (SSSR count). The van der Waals surface area contributed by atoms with Crippen molar-refractivity contribution in [1.82, 2.24) is 0 Å². The monoisotopic (exact) mass is 252 g/mol. The number of hydrogen-bond acceptors (Lipinski definition) is 3. The van der Waals surface area contributed by atoms with Crippen molar-refractivity contribution >= 4 is 17.6 Å². The first-order valence-corrected chi connectivity index (χ1v) is 4.40. The lowest BCUT2D eigenvalue weighted by atomic mass is 10.1. The molecular formula is C9H7ClF2O4. The van der Waals surface area contributed by atoms with Gasteiger partial charge in [0.15, 0.2) is 17.7 Å². The van der Waals surface area contributed by atoms with Gasteiger partial charge in [0.2, 0.25) is 5.82 Å². The van der Waals surface area contributed by atoms with Crippen LogP contribution in [0.3, 0.4) is 0 Å². The summed E-state index contributed by atoms with van der Waals surface area (Å²) in [6.07, 6.45) is -2.04. The molecule has 4 nitrogen and oxygen atoms in total. The summed E-state index contributed by atoms with van der Waals surface area (Å²) < 4.78 is 30.8. The van der Waals surface area contributed by atoms with E-state index in [4.69, 9.17) is 16.7 Å². The molecule has 0 heterocycles. The first-order valence-electron chi connectivity index (χ1n) is 4.02. The molecule has 7 heteroatoms. The van der Waals surface area contributed by atoms with Gasteiger partial charge in [0.25, 0.3) is 0 Å². The Kier molecular flexibility index (Phi) is 3.66. The average Bonchev–Trinajstić information content (AvgIpc) is 2.24. The molecule has 1 atom stereocenters. The van der Waals surface area contributed by atoms with E-state index >= 15 is 0 Å². The summed E-state index contributed by atoms with van der Waals surface area (Å²) in [5.41, 5.74) is -0.445. The minimum Gasteiger partial charge on any atom is -0.493 e. The fourth-order valence-corrected chi connectivity index (χ4v) is 1.34. The van der Waals surface area contributed by atoms with E-state index < -0.39 is 40.0 Å². The third-order valence-electron chi connectivity index (χ3n) is 1.88. The molecule has 0 spiro atoms. The van der Waals surface area contributed by atoms with Gasteiger partial charge in [-0.25, -0.2) is 9.18 Å². The summed E-state index contributed by atoms with van der Waals surface area (Å²) in [7, 11) is 1.02. The van der Waals surface area contributed by atoms with Gasteiger partial charge in [-0.1, -0.05) is 11.6 Å². The third kappa shape index (κ3) is 2.07. The van der Waals surface area contributed by atoms with Crippen molar-refractivity contribution in [3.05, 3.63) is 28.3 Å². The number of methoxy groups -OCH3 is 1. The van der Waals surface area contributed by atoms with Gasteiger partial charge in [-0.05, 0) is 6.07 Å². The smallest absolute Gasteiger partial charge is 0.337 e. The number of aliphatic hydroxyl groups is 1. The largest absolute Gasteiger partial charge is 0.493 e. The van der Waals surface area contributed by atoms with E-state index in [1.807, 2.05) is 0 Å². The van der Waals surface area contributed by atoms with E-state index in [0.29, 0.717) is 0 Å². The summed E-state index contributed by atoms with van der Waals surface area (Å²) in [6.45, 7) is 0. The SMILES string of the molecule is COc1c(C(O)C(=O)O)cc(Cl)c(F)c1F. The zero-order chi connectivity index (χ0) is 12.5. The average molecular weight is 253 g/mol. The van der Waals surface area contributed by atoms with Gasteiger partial charge in [-0.2, -0.15) is 4.39 Å². The van der Waals surface area contributed by atoms with Crippen molar-refractivity contribution in [2.45, 2.75) is 6.10 Å². The molecule has 2 N–H and O–H groups in total. The zero-order valence-electron chi connectivity index (χ0n) is 8.00. The second-order valence-electron chi connectivity index (χ2n) is 2.85. The molecule has 0 aliphatic heterocycles. The molecule has 16 heavy (non-hydrogen) atoms. The first-order chi connectivity index (χ1) is 7.40. The lowest BCUT2D eigenvalue weighted by molar-refractivity contribution is -0.147. The van der Waals surface area contributed by atoms with Crippen LogP contribution in [-0.2, 0) is 4.79 Å². The van der Waals surface area contributed by atoms with Gasteiger partial charge in [0.1, 0.15) is 0 Å². The zero-order valence-corrected chi connectivity index (χ0v) is 8.76. The first kappa shape index (κ1) is 12.7. The Morgan fingerprint density at radius 2 is 2.06 bits per heavy atom. The van der Waals surface area contributed by atoms with Gasteiger partial charge in [0.05, 0.1) is 12.1 Å². The molecule has 0 amide bonds. The van der Waals surface area contributed by atoms with E-state index in [-0.39, 0.29) is 0 Å². The van der Waals surface area contributed by atoms with Crippen LogP contribution in [0.15, 0.2) is 6.07 Å². The number of halogens is 3. The van der Waals surface area contributed by atoms with Crippen LogP contribution in [0, 0.1) is 11.6 Å². The maximum Gasteiger partial charge on any atom is 0.337 e. The number of carbonyl (C=O) groups is 1. The van der Waals surface area contributed by atoms with E-state index in [0.717, 1.165) is 13.2 Å². The van der Waals surface area contributed by atoms with Crippen LogP contribution in [0.4, 0.5) is 8.78 Å². The molecule has 0 radical (unpaired) electrons. The molecular weight excluding hydrogens is 246 g/mol. The molecule has 1 unspecified atom stereocenters. The fraction of sp³-hybridized carbons (Fsp3) is 0.222. The molecule has 88 valence electrons. The van der Waals surface area contributed by atoms with E-state index in [9.17, 15) is 18.7 Å². The number of benzene rings is 1. The summed E-state index contributed by atoms with van der Waals surface area (Å²) in [5.74, 6) is -5.11. The van der Waals surface area contributed by atoms with Crippen molar-refractivity contribution in [3.63, 3.8) is 0 Å². The Morgan fingerprint density at radius 3 is 2.50 bits per heavy atom. The summed E-state index contributed by atoms with van der Waals surface area (Å²) >= 11 is 5.32. The second-order valence-corrected chi connectivity index (χ2v) is 3.26.